The van der Waals surface area contributed by atoms with E-state index in [4.69, 9.17) is 4.74 Å². The maximum atomic E-state index is 11.4. The summed E-state index contributed by atoms with van der Waals surface area (Å²) in [5.41, 5.74) is 0. The van der Waals surface area contributed by atoms with E-state index in [9.17, 15) is 9.59 Å². The predicted octanol–water partition coefficient (Wildman–Crippen LogP) is 3.01. The fraction of sp³-hybridized carbons (Fsp3) is 0.857. The van der Waals surface area contributed by atoms with Crippen molar-refractivity contribution in [3.8, 4) is 0 Å². The van der Waals surface area contributed by atoms with Crippen LogP contribution in [0.25, 0.3) is 0 Å². The molecule has 0 aliphatic carbocycles. The van der Waals surface area contributed by atoms with Crippen LogP contribution >= 0.6 is 0 Å². The SMILES string of the molecule is CC(C)CC(=O)CCCOCCC(=O)C(C)C. The first kappa shape index (κ1) is 16.3. The lowest BCUT2D eigenvalue weighted by molar-refractivity contribution is -0.123. The van der Waals surface area contributed by atoms with E-state index >= 15 is 0 Å². The normalized spacial score (nSPS) is 11.2. The summed E-state index contributed by atoms with van der Waals surface area (Å²) in [7, 11) is 0. The first-order chi connectivity index (χ1) is 7.93. The third-order valence-electron chi connectivity index (χ3n) is 2.52. The summed E-state index contributed by atoms with van der Waals surface area (Å²) in [5, 5.41) is 0. The molecule has 0 aliphatic heterocycles. The molecule has 0 heterocycles. The minimum absolute atomic E-state index is 0.0891. The minimum Gasteiger partial charge on any atom is -0.381 e. The molecule has 0 fully saturated rings. The second-order valence-corrected chi connectivity index (χ2v) is 5.22. The Balaban J connectivity index is 3.35. The van der Waals surface area contributed by atoms with Gasteiger partial charge in [0.2, 0.25) is 0 Å². The van der Waals surface area contributed by atoms with E-state index in [-0.39, 0.29) is 11.7 Å². The second kappa shape index (κ2) is 9.34. The molecule has 0 aromatic carbocycles. The molecule has 0 rings (SSSR count). The van der Waals surface area contributed by atoms with E-state index in [0.29, 0.717) is 44.2 Å². The molecular weight excluding hydrogens is 216 g/mol. The molecule has 0 saturated carbocycles. The zero-order valence-electron chi connectivity index (χ0n) is 11.6. The summed E-state index contributed by atoms with van der Waals surface area (Å²) in [4.78, 5) is 22.6. The topological polar surface area (TPSA) is 43.4 Å². The van der Waals surface area contributed by atoms with Gasteiger partial charge >= 0.3 is 0 Å². The van der Waals surface area contributed by atoms with E-state index in [2.05, 4.69) is 0 Å². The fourth-order valence-electron chi connectivity index (χ4n) is 1.49. The zero-order valence-corrected chi connectivity index (χ0v) is 11.6. The van der Waals surface area contributed by atoms with Crippen molar-refractivity contribution >= 4 is 11.6 Å². The number of ether oxygens (including phenoxy) is 1. The number of carbonyl (C=O) groups is 2. The molecule has 3 nitrogen and oxygen atoms in total. The van der Waals surface area contributed by atoms with Crippen molar-refractivity contribution in [2.75, 3.05) is 13.2 Å². The molecule has 0 bridgehead atoms. The Labute approximate surface area is 105 Å². The van der Waals surface area contributed by atoms with Crippen molar-refractivity contribution < 1.29 is 14.3 Å². The van der Waals surface area contributed by atoms with Crippen LogP contribution in [0.1, 0.15) is 53.4 Å². The van der Waals surface area contributed by atoms with Crippen molar-refractivity contribution in [3.63, 3.8) is 0 Å². The van der Waals surface area contributed by atoms with Crippen LogP contribution < -0.4 is 0 Å². The summed E-state index contributed by atoms with van der Waals surface area (Å²) in [6.07, 6.45) is 2.50. The van der Waals surface area contributed by atoms with E-state index in [1.54, 1.807) is 0 Å². The first-order valence-electron chi connectivity index (χ1n) is 6.55. The maximum Gasteiger partial charge on any atom is 0.137 e. The van der Waals surface area contributed by atoms with Gasteiger partial charge in [-0.05, 0) is 12.3 Å². The van der Waals surface area contributed by atoms with Crippen LogP contribution in [0.2, 0.25) is 0 Å². The molecule has 0 amide bonds. The maximum absolute atomic E-state index is 11.4. The largest absolute Gasteiger partial charge is 0.381 e. The van der Waals surface area contributed by atoms with Gasteiger partial charge in [-0.1, -0.05) is 27.7 Å². The Hall–Kier alpha value is -0.700. The lowest BCUT2D eigenvalue weighted by Crippen LogP contribution is -2.11. The van der Waals surface area contributed by atoms with Crippen LogP contribution in [0.5, 0.6) is 0 Å². The third-order valence-corrected chi connectivity index (χ3v) is 2.52. The smallest absolute Gasteiger partial charge is 0.137 e. The minimum atomic E-state index is 0.0891. The number of rotatable bonds is 10. The van der Waals surface area contributed by atoms with Gasteiger partial charge in [-0.15, -0.1) is 0 Å². The van der Waals surface area contributed by atoms with Gasteiger partial charge < -0.3 is 4.74 Å². The van der Waals surface area contributed by atoms with Crippen molar-refractivity contribution in [1.82, 2.24) is 0 Å². The van der Waals surface area contributed by atoms with E-state index in [1.165, 1.54) is 0 Å². The van der Waals surface area contributed by atoms with Crippen molar-refractivity contribution in [2.24, 2.45) is 11.8 Å². The Bertz CT molecular complexity index is 232. The number of carbonyl (C=O) groups excluding carboxylic acids is 2. The van der Waals surface area contributed by atoms with Crippen molar-refractivity contribution in [3.05, 3.63) is 0 Å². The predicted molar refractivity (Wildman–Crippen MR) is 69.0 cm³/mol. The Morgan fingerprint density at radius 3 is 2.18 bits per heavy atom. The number of hydrogen-bond acceptors (Lipinski definition) is 3. The average Bonchev–Trinajstić information content (AvgIpc) is 2.21. The lowest BCUT2D eigenvalue weighted by Gasteiger charge is -2.06. The molecule has 0 saturated heterocycles. The molecule has 0 aromatic rings. The lowest BCUT2D eigenvalue weighted by atomic mass is 10.0. The van der Waals surface area contributed by atoms with E-state index < -0.39 is 0 Å². The van der Waals surface area contributed by atoms with Crippen LogP contribution in [0.3, 0.4) is 0 Å². The summed E-state index contributed by atoms with van der Waals surface area (Å²) in [6, 6.07) is 0. The van der Waals surface area contributed by atoms with Gasteiger partial charge in [0.05, 0.1) is 6.61 Å². The van der Waals surface area contributed by atoms with Crippen molar-refractivity contribution in [1.29, 1.82) is 0 Å². The van der Waals surface area contributed by atoms with E-state index in [0.717, 1.165) is 6.42 Å². The average molecular weight is 242 g/mol. The monoisotopic (exact) mass is 242 g/mol. The molecule has 100 valence electrons. The van der Waals surface area contributed by atoms with Gasteiger partial charge in [-0.3, -0.25) is 9.59 Å². The van der Waals surface area contributed by atoms with Gasteiger partial charge in [0, 0.05) is 31.8 Å². The second-order valence-electron chi connectivity index (χ2n) is 5.22. The Morgan fingerprint density at radius 2 is 1.65 bits per heavy atom. The number of Topliss-reactive ketones (excluding diaryl/α,β-unsaturated/α-hetero) is 2. The molecule has 0 radical (unpaired) electrons. The highest BCUT2D eigenvalue weighted by atomic mass is 16.5. The molecule has 0 aromatic heterocycles. The highest BCUT2D eigenvalue weighted by Crippen LogP contribution is 2.05. The molecule has 0 unspecified atom stereocenters. The van der Waals surface area contributed by atoms with Crippen molar-refractivity contribution in [2.45, 2.75) is 53.4 Å². The first-order valence-corrected chi connectivity index (χ1v) is 6.55. The van der Waals surface area contributed by atoms with Crippen LogP contribution in [-0.2, 0) is 14.3 Å². The third kappa shape index (κ3) is 10.2. The molecular formula is C14H26O3. The van der Waals surface area contributed by atoms with Gasteiger partial charge in [-0.25, -0.2) is 0 Å². The Kier molecular flexibility index (Phi) is 8.96. The van der Waals surface area contributed by atoms with Crippen LogP contribution in [-0.4, -0.2) is 24.8 Å². The molecule has 0 aliphatic rings. The Morgan fingerprint density at radius 1 is 1.00 bits per heavy atom. The quantitative estimate of drug-likeness (QED) is 0.553. The van der Waals surface area contributed by atoms with Crippen LogP contribution in [0.15, 0.2) is 0 Å². The van der Waals surface area contributed by atoms with Gasteiger partial charge in [0.1, 0.15) is 11.6 Å². The molecule has 17 heavy (non-hydrogen) atoms. The summed E-state index contributed by atoms with van der Waals surface area (Å²) >= 11 is 0. The number of ketones is 2. The number of hydrogen-bond donors (Lipinski definition) is 0. The van der Waals surface area contributed by atoms with E-state index in [1.807, 2.05) is 27.7 Å². The summed E-state index contributed by atoms with van der Waals surface area (Å²) < 4.78 is 5.34. The molecule has 0 N–H and O–H groups in total. The fourth-order valence-corrected chi connectivity index (χ4v) is 1.49. The van der Waals surface area contributed by atoms with Gasteiger partial charge in [0.25, 0.3) is 0 Å². The summed E-state index contributed by atoms with van der Waals surface area (Å²) in [6.45, 7) is 8.95. The highest BCUT2D eigenvalue weighted by molar-refractivity contribution is 5.80. The standard InChI is InChI=1S/C14H26O3/c1-11(2)10-13(15)6-5-8-17-9-7-14(16)12(3)4/h11-12H,5-10H2,1-4H3. The highest BCUT2D eigenvalue weighted by Gasteiger charge is 2.07. The van der Waals surface area contributed by atoms with Crippen LogP contribution in [0, 0.1) is 11.8 Å². The molecule has 3 heteroatoms. The molecule has 0 atom stereocenters. The van der Waals surface area contributed by atoms with Crippen LogP contribution in [0.4, 0.5) is 0 Å². The van der Waals surface area contributed by atoms with Gasteiger partial charge in [-0.2, -0.15) is 0 Å². The zero-order chi connectivity index (χ0) is 13.3. The molecule has 0 spiro atoms. The summed E-state index contributed by atoms with van der Waals surface area (Å²) in [5.74, 6) is 1.07. The van der Waals surface area contributed by atoms with Gasteiger partial charge in [0.15, 0.2) is 0 Å².